The Hall–Kier alpha value is -2.92. The fraction of sp³-hybridized carbons (Fsp3) is 0.227. The van der Waals surface area contributed by atoms with Crippen molar-refractivity contribution in [1.29, 1.82) is 0 Å². The van der Waals surface area contributed by atoms with Crippen molar-refractivity contribution in [2.24, 2.45) is 0 Å². The maximum absolute atomic E-state index is 13.4. The van der Waals surface area contributed by atoms with Crippen molar-refractivity contribution in [1.82, 2.24) is 9.88 Å². The Morgan fingerprint density at radius 3 is 2.37 bits per heavy atom. The van der Waals surface area contributed by atoms with E-state index in [1.165, 1.54) is 12.1 Å². The highest BCUT2D eigenvalue weighted by atomic mass is 19.1. The molecule has 3 aromatic rings. The Balaban J connectivity index is 2.09. The van der Waals surface area contributed by atoms with Gasteiger partial charge in [0.25, 0.3) is 5.91 Å². The van der Waals surface area contributed by atoms with Gasteiger partial charge in [-0.15, -0.1) is 0 Å². The van der Waals surface area contributed by atoms with Crippen LogP contribution in [-0.2, 0) is 4.74 Å². The number of methoxy groups -OCH3 is 1. The zero-order valence-corrected chi connectivity index (χ0v) is 15.8. The third-order valence-corrected chi connectivity index (χ3v) is 4.52. The second-order valence-electron chi connectivity index (χ2n) is 6.46. The Kier molecular flexibility index (Phi) is 5.72. The standard InChI is InChI=1S/C22H23FN2O2/c1-15-4-10-19(11-5-15)25-16(2)20(22(26)24-12-13-27-3)14-21(25)17-6-8-18(23)9-7-17/h4-11,14H,12-13H2,1-3H3,(H,24,26). The van der Waals surface area contributed by atoms with Gasteiger partial charge in [0.05, 0.1) is 17.9 Å². The number of aryl methyl sites for hydroxylation is 1. The molecule has 5 heteroatoms. The zero-order chi connectivity index (χ0) is 19.4. The van der Waals surface area contributed by atoms with Crippen molar-refractivity contribution in [2.45, 2.75) is 13.8 Å². The number of benzene rings is 2. The molecule has 0 saturated heterocycles. The van der Waals surface area contributed by atoms with Gasteiger partial charge in [0.15, 0.2) is 0 Å². The fourth-order valence-electron chi connectivity index (χ4n) is 3.06. The van der Waals surface area contributed by atoms with E-state index in [0.717, 1.165) is 28.2 Å². The molecule has 1 heterocycles. The average Bonchev–Trinajstić information content (AvgIpc) is 3.00. The van der Waals surface area contributed by atoms with Gasteiger partial charge in [-0.2, -0.15) is 0 Å². The largest absolute Gasteiger partial charge is 0.383 e. The van der Waals surface area contributed by atoms with Gasteiger partial charge in [-0.25, -0.2) is 4.39 Å². The van der Waals surface area contributed by atoms with E-state index in [1.807, 2.05) is 48.7 Å². The number of nitrogens with zero attached hydrogens (tertiary/aromatic N) is 1. The zero-order valence-electron chi connectivity index (χ0n) is 15.8. The molecular formula is C22H23FN2O2. The number of halogens is 1. The van der Waals surface area contributed by atoms with Crippen LogP contribution in [0.25, 0.3) is 16.9 Å². The highest BCUT2D eigenvalue weighted by molar-refractivity contribution is 5.97. The van der Waals surface area contributed by atoms with Crippen LogP contribution in [0.15, 0.2) is 54.6 Å². The van der Waals surface area contributed by atoms with Crippen molar-refractivity contribution >= 4 is 5.91 Å². The monoisotopic (exact) mass is 366 g/mol. The van der Waals surface area contributed by atoms with Crippen LogP contribution >= 0.6 is 0 Å². The Morgan fingerprint density at radius 1 is 1.07 bits per heavy atom. The van der Waals surface area contributed by atoms with Crippen LogP contribution in [0.5, 0.6) is 0 Å². The predicted molar refractivity (Wildman–Crippen MR) is 105 cm³/mol. The van der Waals surface area contributed by atoms with E-state index in [1.54, 1.807) is 19.2 Å². The molecule has 0 spiro atoms. The first-order valence-electron chi connectivity index (χ1n) is 8.83. The van der Waals surface area contributed by atoms with Crippen molar-refractivity contribution in [3.05, 3.63) is 77.2 Å². The number of hydrogen-bond acceptors (Lipinski definition) is 2. The molecule has 0 aliphatic carbocycles. The lowest BCUT2D eigenvalue weighted by atomic mass is 10.1. The molecule has 0 fully saturated rings. The van der Waals surface area contributed by atoms with Crippen LogP contribution in [-0.4, -0.2) is 30.7 Å². The summed E-state index contributed by atoms with van der Waals surface area (Å²) in [6, 6.07) is 16.2. The Bertz CT molecular complexity index is 928. The number of aromatic nitrogens is 1. The minimum atomic E-state index is -0.290. The first-order valence-corrected chi connectivity index (χ1v) is 8.83. The van der Waals surface area contributed by atoms with Gasteiger partial charge >= 0.3 is 0 Å². The molecule has 0 atom stereocenters. The highest BCUT2D eigenvalue weighted by Crippen LogP contribution is 2.30. The number of ether oxygens (including phenoxy) is 1. The molecule has 0 bridgehead atoms. The Morgan fingerprint density at radius 2 is 1.74 bits per heavy atom. The normalized spacial score (nSPS) is 10.8. The van der Waals surface area contributed by atoms with Gasteiger partial charge in [-0.05, 0) is 61.9 Å². The smallest absolute Gasteiger partial charge is 0.253 e. The lowest BCUT2D eigenvalue weighted by Crippen LogP contribution is -2.27. The summed E-state index contributed by atoms with van der Waals surface area (Å²) in [6.45, 7) is 4.84. The molecule has 0 aliphatic heterocycles. The third-order valence-electron chi connectivity index (χ3n) is 4.52. The van der Waals surface area contributed by atoms with Crippen LogP contribution in [0, 0.1) is 19.7 Å². The van der Waals surface area contributed by atoms with Gasteiger partial charge in [0.1, 0.15) is 5.82 Å². The number of nitrogens with one attached hydrogen (secondary N) is 1. The maximum atomic E-state index is 13.4. The molecule has 1 aromatic heterocycles. The van der Waals surface area contributed by atoms with E-state index in [0.29, 0.717) is 18.7 Å². The third kappa shape index (κ3) is 4.09. The highest BCUT2D eigenvalue weighted by Gasteiger charge is 2.19. The summed E-state index contributed by atoms with van der Waals surface area (Å²) in [5.74, 6) is -0.444. The molecule has 27 heavy (non-hydrogen) atoms. The van der Waals surface area contributed by atoms with Gasteiger partial charge < -0.3 is 14.6 Å². The minimum absolute atomic E-state index is 0.154. The molecule has 0 saturated carbocycles. The lowest BCUT2D eigenvalue weighted by molar-refractivity contribution is 0.0936. The number of rotatable bonds is 6. The topological polar surface area (TPSA) is 43.3 Å². The number of hydrogen-bond donors (Lipinski definition) is 1. The van der Waals surface area contributed by atoms with Gasteiger partial charge in [0.2, 0.25) is 0 Å². The van der Waals surface area contributed by atoms with E-state index in [4.69, 9.17) is 4.74 Å². The van der Waals surface area contributed by atoms with Crippen LogP contribution in [0.4, 0.5) is 4.39 Å². The number of amides is 1. The predicted octanol–water partition coefficient (Wildman–Crippen LogP) is 4.28. The van der Waals surface area contributed by atoms with E-state index >= 15 is 0 Å². The van der Waals surface area contributed by atoms with Gasteiger partial charge in [-0.1, -0.05) is 17.7 Å². The lowest BCUT2D eigenvalue weighted by Gasteiger charge is -2.13. The van der Waals surface area contributed by atoms with Crippen LogP contribution < -0.4 is 5.32 Å². The van der Waals surface area contributed by atoms with Crippen molar-refractivity contribution in [3.8, 4) is 16.9 Å². The first kappa shape index (κ1) is 18.9. The second kappa shape index (κ2) is 8.18. The summed E-state index contributed by atoms with van der Waals surface area (Å²) >= 11 is 0. The molecule has 0 aliphatic rings. The summed E-state index contributed by atoms with van der Waals surface area (Å²) in [5, 5.41) is 2.87. The summed E-state index contributed by atoms with van der Waals surface area (Å²) < 4.78 is 20.4. The summed E-state index contributed by atoms with van der Waals surface area (Å²) in [6.07, 6.45) is 0. The molecule has 0 radical (unpaired) electrons. The molecule has 1 N–H and O–H groups in total. The number of carbonyl (C=O) groups is 1. The minimum Gasteiger partial charge on any atom is -0.383 e. The van der Waals surface area contributed by atoms with Crippen molar-refractivity contribution < 1.29 is 13.9 Å². The molecule has 0 unspecified atom stereocenters. The Labute approximate surface area is 158 Å². The average molecular weight is 366 g/mol. The van der Waals surface area contributed by atoms with Gasteiger partial charge in [-0.3, -0.25) is 4.79 Å². The van der Waals surface area contributed by atoms with E-state index in [9.17, 15) is 9.18 Å². The molecule has 3 rings (SSSR count). The first-order chi connectivity index (χ1) is 13.0. The summed E-state index contributed by atoms with van der Waals surface area (Å²) in [7, 11) is 1.60. The van der Waals surface area contributed by atoms with Crippen molar-refractivity contribution in [2.75, 3.05) is 20.3 Å². The molecule has 4 nitrogen and oxygen atoms in total. The second-order valence-corrected chi connectivity index (χ2v) is 6.46. The quantitative estimate of drug-likeness (QED) is 0.662. The molecule has 2 aromatic carbocycles. The molecule has 140 valence electrons. The fourth-order valence-corrected chi connectivity index (χ4v) is 3.06. The van der Waals surface area contributed by atoms with Crippen molar-refractivity contribution in [3.63, 3.8) is 0 Å². The maximum Gasteiger partial charge on any atom is 0.253 e. The molecule has 1 amide bonds. The van der Waals surface area contributed by atoms with E-state index in [-0.39, 0.29) is 11.7 Å². The summed E-state index contributed by atoms with van der Waals surface area (Å²) in [4.78, 5) is 12.6. The van der Waals surface area contributed by atoms with E-state index in [2.05, 4.69) is 5.32 Å². The number of carbonyl (C=O) groups excluding carboxylic acids is 1. The van der Waals surface area contributed by atoms with E-state index < -0.39 is 0 Å². The van der Waals surface area contributed by atoms with Crippen LogP contribution in [0.2, 0.25) is 0 Å². The van der Waals surface area contributed by atoms with Crippen LogP contribution in [0.3, 0.4) is 0 Å². The summed E-state index contributed by atoms with van der Waals surface area (Å²) in [5.41, 5.74) is 5.21. The SMILES string of the molecule is COCCNC(=O)c1cc(-c2ccc(F)cc2)n(-c2ccc(C)cc2)c1C. The van der Waals surface area contributed by atoms with Crippen LogP contribution in [0.1, 0.15) is 21.6 Å². The van der Waals surface area contributed by atoms with Gasteiger partial charge in [0, 0.05) is 25.0 Å². The molecular weight excluding hydrogens is 343 g/mol.